The second-order valence-corrected chi connectivity index (χ2v) is 6.06. The number of pyridine rings is 1. The van der Waals surface area contributed by atoms with Gasteiger partial charge in [-0.1, -0.05) is 67.6 Å². The molecule has 0 amide bonds. The van der Waals surface area contributed by atoms with Crippen molar-refractivity contribution >= 4 is 10.9 Å². The van der Waals surface area contributed by atoms with E-state index in [1.54, 1.807) is 12.1 Å². The van der Waals surface area contributed by atoms with Gasteiger partial charge in [-0.25, -0.2) is 9.37 Å². The Kier molecular flexibility index (Phi) is 4.02. The SMILES string of the molecule is CCc1c(-c2ccccc2)nc2ccc(F)cc2c1-c1ccccc1. The number of benzene rings is 3. The van der Waals surface area contributed by atoms with E-state index in [9.17, 15) is 4.39 Å². The van der Waals surface area contributed by atoms with Crippen molar-refractivity contribution in [2.45, 2.75) is 13.3 Å². The molecule has 25 heavy (non-hydrogen) atoms. The molecule has 1 heterocycles. The van der Waals surface area contributed by atoms with Gasteiger partial charge in [-0.05, 0) is 41.3 Å². The topological polar surface area (TPSA) is 12.9 Å². The second kappa shape index (κ2) is 6.48. The van der Waals surface area contributed by atoms with E-state index in [1.807, 2.05) is 36.4 Å². The average Bonchev–Trinajstić information content (AvgIpc) is 2.68. The molecule has 4 aromatic rings. The minimum atomic E-state index is -0.235. The fourth-order valence-corrected chi connectivity index (χ4v) is 3.39. The molecule has 0 spiro atoms. The Hall–Kier alpha value is -3.00. The molecule has 0 aliphatic carbocycles. The summed E-state index contributed by atoms with van der Waals surface area (Å²) in [6.45, 7) is 2.13. The molecule has 0 unspecified atom stereocenters. The van der Waals surface area contributed by atoms with Crippen LogP contribution in [0.25, 0.3) is 33.3 Å². The highest BCUT2D eigenvalue weighted by atomic mass is 19.1. The third-order valence-corrected chi connectivity index (χ3v) is 4.51. The molecule has 2 heteroatoms. The molecule has 4 rings (SSSR count). The van der Waals surface area contributed by atoms with E-state index < -0.39 is 0 Å². The van der Waals surface area contributed by atoms with E-state index in [2.05, 4.69) is 31.2 Å². The molecule has 0 saturated carbocycles. The normalized spacial score (nSPS) is 11.0. The molecule has 3 aromatic carbocycles. The molecule has 0 fully saturated rings. The van der Waals surface area contributed by atoms with Crippen LogP contribution in [-0.2, 0) is 6.42 Å². The van der Waals surface area contributed by atoms with Gasteiger partial charge in [0.05, 0.1) is 11.2 Å². The number of hydrogen-bond donors (Lipinski definition) is 0. The van der Waals surface area contributed by atoms with E-state index in [0.29, 0.717) is 0 Å². The van der Waals surface area contributed by atoms with Gasteiger partial charge >= 0.3 is 0 Å². The maximum atomic E-state index is 14.0. The molecule has 0 radical (unpaired) electrons. The summed E-state index contributed by atoms with van der Waals surface area (Å²) in [7, 11) is 0. The van der Waals surface area contributed by atoms with Crippen molar-refractivity contribution in [3.63, 3.8) is 0 Å². The van der Waals surface area contributed by atoms with E-state index in [0.717, 1.165) is 45.3 Å². The summed E-state index contributed by atoms with van der Waals surface area (Å²) in [6.07, 6.45) is 0.827. The summed E-state index contributed by atoms with van der Waals surface area (Å²) in [6, 6.07) is 25.2. The van der Waals surface area contributed by atoms with Gasteiger partial charge in [0.2, 0.25) is 0 Å². The lowest BCUT2D eigenvalue weighted by Gasteiger charge is -2.17. The molecule has 0 saturated heterocycles. The summed E-state index contributed by atoms with van der Waals surface area (Å²) >= 11 is 0. The number of rotatable bonds is 3. The first-order chi connectivity index (χ1) is 12.3. The lowest BCUT2D eigenvalue weighted by Crippen LogP contribution is -1.99. The third-order valence-electron chi connectivity index (χ3n) is 4.51. The number of hydrogen-bond acceptors (Lipinski definition) is 1. The Bertz CT molecular complexity index is 1020. The van der Waals surface area contributed by atoms with Gasteiger partial charge in [0.25, 0.3) is 0 Å². The zero-order valence-corrected chi connectivity index (χ0v) is 14.0. The lowest BCUT2D eigenvalue weighted by atomic mass is 9.91. The largest absolute Gasteiger partial charge is 0.247 e. The van der Waals surface area contributed by atoms with Gasteiger partial charge in [-0.2, -0.15) is 0 Å². The highest BCUT2D eigenvalue weighted by Crippen LogP contribution is 2.37. The maximum absolute atomic E-state index is 14.0. The van der Waals surface area contributed by atoms with Crippen LogP contribution in [0.15, 0.2) is 78.9 Å². The summed E-state index contributed by atoms with van der Waals surface area (Å²) in [5.41, 5.74) is 6.19. The maximum Gasteiger partial charge on any atom is 0.123 e. The van der Waals surface area contributed by atoms with Gasteiger partial charge < -0.3 is 0 Å². The predicted octanol–water partition coefficient (Wildman–Crippen LogP) is 6.27. The minimum Gasteiger partial charge on any atom is -0.247 e. The molecule has 0 N–H and O–H groups in total. The first-order valence-electron chi connectivity index (χ1n) is 8.51. The quantitative estimate of drug-likeness (QED) is 0.432. The van der Waals surface area contributed by atoms with Gasteiger partial charge in [-0.3, -0.25) is 0 Å². The Labute approximate surface area is 146 Å². The minimum absolute atomic E-state index is 0.235. The smallest absolute Gasteiger partial charge is 0.123 e. The molecular formula is C23H18FN. The third kappa shape index (κ3) is 2.80. The summed E-state index contributed by atoms with van der Waals surface area (Å²) < 4.78 is 14.0. The molecule has 1 nitrogen and oxygen atoms in total. The van der Waals surface area contributed by atoms with Crippen LogP contribution in [0.1, 0.15) is 12.5 Å². The lowest BCUT2D eigenvalue weighted by molar-refractivity contribution is 0.629. The van der Waals surface area contributed by atoms with Crippen molar-refractivity contribution in [3.05, 3.63) is 90.2 Å². The van der Waals surface area contributed by atoms with Gasteiger partial charge in [0, 0.05) is 10.9 Å². The molecular weight excluding hydrogens is 309 g/mol. The van der Waals surface area contributed by atoms with Crippen molar-refractivity contribution in [1.82, 2.24) is 4.98 Å². The zero-order chi connectivity index (χ0) is 17.2. The average molecular weight is 327 g/mol. The number of fused-ring (bicyclic) bond motifs is 1. The van der Waals surface area contributed by atoms with Crippen molar-refractivity contribution in [2.24, 2.45) is 0 Å². The molecule has 0 aliphatic rings. The second-order valence-electron chi connectivity index (χ2n) is 6.06. The van der Waals surface area contributed by atoms with Gasteiger partial charge in [0.1, 0.15) is 5.82 Å². The molecule has 0 bridgehead atoms. The molecule has 0 atom stereocenters. The van der Waals surface area contributed by atoms with Crippen molar-refractivity contribution < 1.29 is 4.39 Å². The fourth-order valence-electron chi connectivity index (χ4n) is 3.39. The molecule has 0 aliphatic heterocycles. The summed E-state index contributed by atoms with van der Waals surface area (Å²) in [5, 5.41) is 0.864. The Morgan fingerprint density at radius 3 is 2.08 bits per heavy atom. The highest BCUT2D eigenvalue weighted by molar-refractivity contribution is 5.99. The number of aromatic nitrogens is 1. The van der Waals surface area contributed by atoms with E-state index >= 15 is 0 Å². The van der Waals surface area contributed by atoms with E-state index in [1.165, 1.54) is 6.07 Å². The van der Waals surface area contributed by atoms with Crippen LogP contribution in [0.2, 0.25) is 0 Å². The van der Waals surface area contributed by atoms with Crippen LogP contribution in [-0.4, -0.2) is 4.98 Å². The zero-order valence-electron chi connectivity index (χ0n) is 14.0. The Morgan fingerprint density at radius 1 is 0.800 bits per heavy atom. The standard InChI is InChI=1S/C23H18FN/c1-2-19-22(16-9-5-3-6-10-16)20-15-18(24)13-14-21(20)25-23(19)17-11-7-4-8-12-17/h3-15H,2H2,1H3. The fraction of sp³-hybridized carbons (Fsp3) is 0.0870. The van der Waals surface area contributed by atoms with Crippen molar-refractivity contribution in [1.29, 1.82) is 0 Å². The summed E-state index contributed by atoms with van der Waals surface area (Å²) in [4.78, 5) is 4.88. The molecule has 1 aromatic heterocycles. The number of nitrogens with zero attached hydrogens (tertiary/aromatic N) is 1. The summed E-state index contributed by atoms with van der Waals surface area (Å²) in [5.74, 6) is -0.235. The monoisotopic (exact) mass is 327 g/mol. The highest BCUT2D eigenvalue weighted by Gasteiger charge is 2.17. The van der Waals surface area contributed by atoms with Crippen LogP contribution in [0.4, 0.5) is 4.39 Å². The number of halogens is 1. The van der Waals surface area contributed by atoms with Crippen LogP contribution in [0.3, 0.4) is 0 Å². The van der Waals surface area contributed by atoms with Gasteiger partial charge in [-0.15, -0.1) is 0 Å². The first kappa shape index (κ1) is 15.5. The van der Waals surface area contributed by atoms with E-state index in [4.69, 9.17) is 4.98 Å². The van der Waals surface area contributed by atoms with Crippen LogP contribution in [0, 0.1) is 5.82 Å². The van der Waals surface area contributed by atoms with E-state index in [-0.39, 0.29) is 5.82 Å². The first-order valence-corrected chi connectivity index (χ1v) is 8.51. The Morgan fingerprint density at radius 2 is 1.44 bits per heavy atom. The van der Waals surface area contributed by atoms with Gasteiger partial charge in [0.15, 0.2) is 0 Å². The van der Waals surface area contributed by atoms with Crippen LogP contribution in [0.5, 0.6) is 0 Å². The van der Waals surface area contributed by atoms with Crippen LogP contribution >= 0.6 is 0 Å². The molecule has 122 valence electrons. The van der Waals surface area contributed by atoms with Crippen molar-refractivity contribution in [3.8, 4) is 22.4 Å². The Balaban J connectivity index is 2.14. The van der Waals surface area contributed by atoms with Crippen molar-refractivity contribution in [2.75, 3.05) is 0 Å². The predicted molar refractivity (Wildman–Crippen MR) is 102 cm³/mol. The van der Waals surface area contributed by atoms with Crippen LogP contribution < -0.4 is 0 Å².